The van der Waals surface area contributed by atoms with Crippen LogP contribution < -0.4 is 26.7 Å². The van der Waals surface area contributed by atoms with Gasteiger partial charge in [0, 0.05) is 37.5 Å². The third-order valence-electron chi connectivity index (χ3n) is 5.43. The summed E-state index contributed by atoms with van der Waals surface area (Å²) in [5.74, 6) is -2.22. The molecule has 3 rings (SSSR count). The van der Waals surface area contributed by atoms with Gasteiger partial charge in [0.05, 0.1) is 6.20 Å². The number of aryl methyl sites for hydroxylation is 2. The number of nitrogens with one attached hydrogen (secondary N) is 2. The Bertz CT molecular complexity index is 1390. The molecule has 12 nitrogen and oxygen atoms in total. The van der Waals surface area contributed by atoms with Gasteiger partial charge >= 0.3 is 6.36 Å². The van der Waals surface area contributed by atoms with Gasteiger partial charge in [-0.1, -0.05) is 17.3 Å². The highest BCUT2D eigenvalue weighted by Gasteiger charge is 2.31. The maximum absolute atomic E-state index is 12.4. The fourth-order valence-electron chi connectivity index (χ4n) is 3.38. The second kappa shape index (κ2) is 12.7. The van der Waals surface area contributed by atoms with Crippen LogP contribution in [0.4, 0.5) is 13.2 Å². The first kappa shape index (κ1) is 28.9. The van der Waals surface area contributed by atoms with Crippen LogP contribution in [0.3, 0.4) is 0 Å². The predicted molar refractivity (Wildman–Crippen MR) is 130 cm³/mol. The summed E-state index contributed by atoms with van der Waals surface area (Å²) in [6, 6.07) is 7.01. The van der Waals surface area contributed by atoms with Crippen molar-refractivity contribution in [2.75, 3.05) is 0 Å². The third kappa shape index (κ3) is 8.98. The molecule has 0 aliphatic carbocycles. The molecule has 3 aromatic rings. The van der Waals surface area contributed by atoms with Gasteiger partial charge in [-0.15, -0.1) is 18.3 Å². The summed E-state index contributed by atoms with van der Waals surface area (Å²) in [5, 5.41) is 12.7. The number of carbonyl (C=O) groups excluding carboxylic acids is 3. The lowest BCUT2D eigenvalue weighted by Crippen LogP contribution is -2.42. The molecule has 0 bridgehead atoms. The van der Waals surface area contributed by atoms with E-state index in [1.165, 1.54) is 52.8 Å². The minimum atomic E-state index is -4.81. The first-order valence-electron chi connectivity index (χ1n) is 11.7. The zero-order valence-corrected chi connectivity index (χ0v) is 20.8. The maximum atomic E-state index is 12.4. The number of amides is 3. The third-order valence-corrected chi connectivity index (χ3v) is 5.43. The van der Waals surface area contributed by atoms with E-state index in [9.17, 15) is 32.3 Å². The molecule has 0 radical (unpaired) electrons. The zero-order chi connectivity index (χ0) is 28.6. The number of ether oxygens (including phenoxy) is 1. The predicted octanol–water partition coefficient (Wildman–Crippen LogP) is 1.35. The lowest BCUT2D eigenvalue weighted by Gasteiger charge is -2.11. The van der Waals surface area contributed by atoms with Gasteiger partial charge in [-0.05, 0) is 43.5 Å². The molecule has 1 aromatic carbocycles. The highest BCUT2D eigenvalue weighted by molar-refractivity contribution is 5.97. The molecule has 0 unspecified atom stereocenters. The zero-order valence-electron chi connectivity index (χ0n) is 20.8. The molecular formula is C24H26F3N7O5. The first-order valence-corrected chi connectivity index (χ1v) is 11.7. The van der Waals surface area contributed by atoms with Crippen molar-refractivity contribution in [3.05, 3.63) is 76.0 Å². The molecule has 208 valence electrons. The molecule has 0 aliphatic rings. The highest BCUT2D eigenvalue weighted by Crippen LogP contribution is 2.23. The Kier molecular flexibility index (Phi) is 9.41. The van der Waals surface area contributed by atoms with Crippen LogP contribution in [-0.4, -0.2) is 49.7 Å². The number of benzene rings is 1. The van der Waals surface area contributed by atoms with Gasteiger partial charge in [0.2, 0.25) is 5.91 Å². The first-order chi connectivity index (χ1) is 18.4. The van der Waals surface area contributed by atoms with Crippen LogP contribution in [0.25, 0.3) is 0 Å². The molecule has 2 heterocycles. The van der Waals surface area contributed by atoms with Crippen molar-refractivity contribution in [2.45, 2.75) is 51.8 Å². The molecule has 39 heavy (non-hydrogen) atoms. The summed E-state index contributed by atoms with van der Waals surface area (Å²) in [7, 11) is 0. The van der Waals surface area contributed by atoms with Crippen LogP contribution in [0, 0.1) is 0 Å². The number of rotatable bonds is 12. The number of hydrogen-bond acceptors (Lipinski definition) is 7. The number of unbranched alkanes of at least 4 members (excludes halogenated alkanes) is 1. The van der Waals surface area contributed by atoms with Crippen LogP contribution in [0.15, 0.2) is 53.6 Å². The van der Waals surface area contributed by atoms with Crippen molar-refractivity contribution in [3.63, 3.8) is 0 Å². The second-order valence-corrected chi connectivity index (χ2v) is 8.50. The van der Waals surface area contributed by atoms with Crippen LogP contribution in [0.2, 0.25) is 0 Å². The Morgan fingerprint density at radius 3 is 2.54 bits per heavy atom. The van der Waals surface area contributed by atoms with E-state index in [-0.39, 0.29) is 23.4 Å². The lowest BCUT2D eigenvalue weighted by atomic mass is 10.2. The maximum Gasteiger partial charge on any atom is 0.573 e. The minimum absolute atomic E-state index is 0.0356. The second-order valence-electron chi connectivity index (χ2n) is 8.50. The van der Waals surface area contributed by atoms with Gasteiger partial charge in [-0.3, -0.25) is 23.9 Å². The molecule has 15 heteroatoms. The smallest absolute Gasteiger partial charge is 0.406 e. The van der Waals surface area contributed by atoms with Crippen molar-refractivity contribution in [1.29, 1.82) is 0 Å². The molecule has 4 N–H and O–H groups in total. The van der Waals surface area contributed by atoms with Crippen LogP contribution in [-0.2, 0) is 24.4 Å². The van der Waals surface area contributed by atoms with Gasteiger partial charge in [0.25, 0.3) is 17.4 Å². The van der Waals surface area contributed by atoms with Crippen molar-refractivity contribution in [2.24, 2.45) is 5.73 Å². The van der Waals surface area contributed by atoms with E-state index in [0.717, 1.165) is 6.07 Å². The summed E-state index contributed by atoms with van der Waals surface area (Å²) >= 11 is 0. The Labute approximate surface area is 219 Å². The van der Waals surface area contributed by atoms with Gasteiger partial charge < -0.3 is 25.7 Å². The number of primary amides is 1. The normalized spacial score (nSPS) is 12.0. The standard InChI is InChI=1S/C24H26F3N7O5/c1-15(21(28)36)30-22(37)17-7-10-33(20(35)12-17)8-2-3-9-34-14-19(31-32-34)23(38)29-13-16-5-4-6-18(11-16)39-24(25,26)27/h4-7,10-12,14-15H,2-3,8-9,13H2,1H3,(H2,28,36)(H,29,38)(H,30,37)/t15-/m0/s1. The van der Waals surface area contributed by atoms with Gasteiger partial charge in [-0.2, -0.15) is 0 Å². The van der Waals surface area contributed by atoms with E-state index in [4.69, 9.17) is 5.73 Å². The Hall–Kier alpha value is -4.69. The number of alkyl halides is 3. The highest BCUT2D eigenvalue weighted by atomic mass is 19.4. The van der Waals surface area contributed by atoms with Crippen molar-refractivity contribution < 1.29 is 32.3 Å². The number of pyridine rings is 1. The topological polar surface area (TPSA) is 163 Å². The molecule has 3 amide bonds. The summed E-state index contributed by atoms with van der Waals surface area (Å²) in [5.41, 5.74) is 5.28. The van der Waals surface area contributed by atoms with E-state index >= 15 is 0 Å². The molecule has 2 aromatic heterocycles. The summed E-state index contributed by atoms with van der Waals surface area (Å²) in [6.07, 6.45) is -0.713. The number of carbonyl (C=O) groups is 3. The summed E-state index contributed by atoms with van der Waals surface area (Å²) in [4.78, 5) is 47.8. The monoisotopic (exact) mass is 549 g/mol. The average molecular weight is 550 g/mol. The van der Waals surface area contributed by atoms with Gasteiger partial charge in [-0.25, -0.2) is 0 Å². The molecular weight excluding hydrogens is 523 g/mol. The van der Waals surface area contributed by atoms with Gasteiger partial charge in [0.15, 0.2) is 5.69 Å². The largest absolute Gasteiger partial charge is 0.573 e. The van der Waals surface area contributed by atoms with E-state index < -0.39 is 35.9 Å². The number of nitrogens with two attached hydrogens (primary N) is 1. The average Bonchev–Trinajstić information content (AvgIpc) is 3.34. The fourth-order valence-corrected chi connectivity index (χ4v) is 3.38. The SMILES string of the molecule is C[C@H](NC(=O)c1ccn(CCCCn2cc(C(=O)NCc3cccc(OC(F)(F)F)c3)nn2)c(=O)c1)C(N)=O. The fraction of sp³-hybridized carbons (Fsp3) is 0.333. The molecule has 0 fully saturated rings. The van der Waals surface area contributed by atoms with Crippen molar-refractivity contribution in [1.82, 2.24) is 30.2 Å². The quantitative estimate of drug-likeness (QED) is 0.287. The van der Waals surface area contributed by atoms with Crippen molar-refractivity contribution >= 4 is 17.7 Å². The van der Waals surface area contributed by atoms with Crippen molar-refractivity contribution in [3.8, 4) is 5.75 Å². The number of hydrogen-bond donors (Lipinski definition) is 3. The molecule has 0 saturated heterocycles. The molecule has 0 saturated carbocycles. The van der Waals surface area contributed by atoms with Gasteiger partial charge in [0.1, 0.15) is 11.8 Å². The van der Waals surface area contributed by atoms with E-state index in [2.05, 4.69) is 25.7 Å². The molecule has 1 atom stereocenters. The summed E-state index contributed by atoms with van der Waals surface area (Å²) in [6.45, 7) is 2.18. The number of halogens is 3. The van der Waals surface area contributed by atoms with Crippen LogP contribution >= 0.6 is 0 Å². The summed E-state index contributed by atoms with van der Waals surface area (Å²) < 4.78 is 43.9. The van der Waals surface area contributed by atoms with Crippen LogP contribution in [0.5, 0.6) is 5.75 Å². The van der Waals surface area contributed by atoms with Crippen LogP contribution in [0.1, 0.15) is 46.2 Å². The van der Waals surface area contributed by atoms with E-state index in [0.29, 0.717) is 31.5 Å². The van der Waals surface area contributed by atoms with E-state index in [1.807, 2.05) is 0 Å². The van der Waals surface area contributed by atoms with E-state index in [1.54, 1.807) is 6.07 Å². The Morgan fingerprint density at radius 2 is 1.85 bits per heavy atom. The number of aromatic nitrogens is 4. The Morgan fingerprint density at radius 1 is 1.10 bits per heavy atom. The lowest BCUT2D eigenvalue weighted by molar-refractivity contribution is -0.274. The number of nitrogens with zero attached hydrogens (tertiary/aromatic N) is 4. The molecule has 0 aliphatic heterocycles. The minimum Gasteiger partial charge on any atom is -0.406 e. The molecule has 0 spiro atoms. The Balaban J connectivity index is 1.44.